The summed E-state index contributed by atoms with van der Waals surface area (Å²) in [4.78, 5) is 15.9. The third-order valence-corrected chi connectivity index (χ3v) is 2.84. The number of hydrogen-bond acceptors (Lipinski definition) is 3. The van der Waals surface area contributed by atoms with Gasteiger partial charge in [-0.05, 0) is 40.4 Å². The molecule has 0 aliphatic carbocycles. The number of nitriles is 1. The minimum Gasteiger partial charge on any atom is -0.338 e. The summed E-state index contributed by atoms with van der Waals surface area (Å²) < 4.78 is 0. The van der Waals surface area contributed by atoms with E-state index in [1.54, 1.807) is 4.90 Å². The van der Waals surface area contributed by atoms with Crippen LogP contribution in [0.4, 0.5) is 4.79 Å². The summed E-state index contributed by atoms with van der Waals surface area (Å²) in [5.41, 5.74) is 0. The second-order valence-electron chi connectivity index (χ2n) is 5.22. The van der Waals surface area contributed by atoms with Gasteiger partial charge in [-0.15, -0.1) is 0 Å². The van der Waals surface area contributed by atoms with Crippen LogP contribution in [0, 0.1) is 17.2 Å². The summed E-state index contributed by atoms with van der Waals surface area (Å²) >= 11 is 0. The molecule has 0 aromatic carbocycles. The van der Waals surface area contributed by atoms with E-state index in [-0.39, 0.29) is 11.9 Å². The summed E-state index contributed by atoms with van der Waals surface area (Å²) in [5, 5.41) is 11.8. The van der Waals surface area contributed by atoms with E-state index in [0.717, 1.165) is 25.8 Å². The van der Waals surface area contributed by atoms with Gasteiger partial charge in [0.25, 0.3) is 0 Å². The summed E-state index contributed by atoms with van der Waals surface area (Å²) in [6, 6.07) is 2.14. The molecule has 2 amide bonds. The molecule has 0 heterocycles. The van der Waals surface area contributed by atoms with Gasteiger partial charge in [-0.2, -0.15) is 5.26 Å². The molecule has 0 saturated carbocycles. The van der Waals surface area contributed by atoms with Crippen molar-refractivity contribution < 1.29 is 4.79 Å². The lowest BCUT2D eigenvalue weighted by Gasteiger charge is -2.24. The average molecular weight is 268 g/mol. The van der Waals surface area contributed by atoms with Crippen LogP contribution in [0.2, 0.25) is 0 Å². The zero-order chi connectivity index (χ0) is 14.7. The summed E-state index contributed by atoms with van der Waals surface area (Å²) in [7, 11) is 4.03. The number of urea groups is 1. The number of rotatable bonds is 9. The molecule has 1 unspecified atom stereocenters. The van der Waals surface area contributed by atoms with Crippen molar-refractivity contribution in [3.63, 3.8) is 0 Å². The largest absolute Gasteiger partial charge is 0.338 e. The number of amides is 2. The second-order valence-corrected chi connectivity index (χ2v) is 5.22. The normalized spacial score (nSPS) is 12.0. The van der Waals surface area contributed by atoms with E-state index in [2.05, 4.69) is 23.2 Å². The maximum absolute atomic E-state index is 12.0. The van der Waals surface area contributed by atoms with Crippen LogP contribution in [-0.2, 0) is 0 Å². The molecule has 1 N–H and O–H groups in total. The molecular weight excluding hydrogens is 240 g/mol. The van der Waals surface area contributed by atoms with E-state index in [4.69, 9.17) is 5.26 Å². The van der Waals surface area contributed by atoms with Gasteiger partial charge < -0.3 is 15.1 Å². The van der Waals surface area contributed by atoms with Crippen molar-refractivity contribution >= 4 is 6.03 Å². The van der Waals surface area contributed by atoms with Crippen LogP contribution in [0.15, 0.2) is 0 Å². The highest BCUT2D eigenvalue weighted by Gasteiger charge is 2.15. The second kappa shape index (κ2) is 10.6. The van der Waals surface area contributed by atoms with Gasteiger partial charge in [-0.25, -0.2) is 4.79 Å². The lowest BCUT2D eigenvalue weighted by atomic mass is 10.2. The first-order chi connectivity index (χ1) is 9.01. The minimum absolute atomic E-state index is 0.0469. The van der Waals surface area contributed by atoms with E-state index >= 15 is 0 Å². The molecule has 0 rings (SSSR count). The Morgan fingerprint density at radius 3 is 2.53 bits per heavy atom. The quantitative estimate of drug-likeness (QED) is 0.650. The van der Waals surface area contributed by atoms with Crippen LogP contribution in [0.5, 0.6) is 0 Å². The van der Waals surface area contributed by atoms with Crippen molar-refractivity contribution in [2.75, 3.05) is 40.3 Å². The standard InChI is InChI=1S/C14H28N4O/c1-5-6-8-16-14(19)18(12-13(2)11-15)10-7-9-17(3)4/h13H,5-10,12H2,1-4H3,(H,16,19). The fourth-order valence-electron chi connectivity index (χ4n) is 1.71. The SMILES string of the molecule is CCCCNC(=O)N(CCCN(C)C)CC(C)C#N. The molecular formula is C14H28N4O. The van der Waals surface area contributed by atoms with Gasteiger partial charge in [0.05, 0.1) is 12.0 Å². The van der Waals surface area contributed by atoms with Crippen LogP contribution in [0.25, 0.3) is 0 Å². The number of carbonyl (C=O) groups excluding carboxylic acids is 1. The number of unbranched alkanes of at least 4 members (excludes halogenated alkanes) is 1. The van der Waals surface area contributed by atoms with Gasteiger partial charge in [-0.1, -0.05) is 13.3 Å². The number of nitrogens with one attached hydrogen (secondary N) is 1. The van der Waals surface area contributed by atoms with Crippen LogP contribution < -0.4 is 5.32 Å². The molecule has 0 aliphatic rings. The number of nitrogens with zero attached hydrogens (tertiary/aromatic N) is 3. The van der Waals surface area contributed by atoms with Crippen LogP contribution in [-0.4, -0.2) is 56.1 Å². The highest BCUT2D eigenvalue weighted by molar-refractivity contribution is 5.74. The Balaban J connectivity index is 4.23. The van der Waals surface area contributed by atoms with Gasteiger partial charge in [0.1, 0.15) is 0 Å². The first-order valence-electron chi connectivity index (χ1n) is 7.08. The lowest BCUT2D eigenvalue weighted by molar-refractivity contribution is 0.190. The highest BCUT2D eigenvalue weighted by Crippen LogP contribution is 2.01. The van der Waals surface area contributed by atoms with Crippen LogP contribution >= 0.6 is 0 Å². The molecule has 0 spiro atoms. The van der Waals surface area contributed by atoms with Crippen molar-refractivity contribution in [2.45, 2.75) is 33.1 Å². The third-order valence-electron chi connectivity index (χ3n) is 2.84. The maximum atomic E-state index is 12.0. The van der Waals surface area contributed by atoms with E-state index in [9.17, 15) is 4.79 Å². The first kappa shape index (κ1) is 17.7. The van der Waals surface area contributed by atoms with Gasteiger partial charge in [0, 0.05) is 19.6 Å². The topological polar surface area (TPSA) is 59.4 Å². The fraction of sp³-hybridized carbons (Fsp3) is 0.857. The Hall–Kier alpha value is -1.28. The van der Waals surface area contributed by atoms with Gasteiger partial charge >= 0.3 is 6.03 Å². The van der Waals surface area contributed by atoms with Crippen molar-refractivity contribution in [1.29, 1.82) is 5.26 Å². The molecule has 110 valence electrons. The van der Waals surface area contributed by atoms with Gasteiger partial charge in [0.15, 0.2) is 0 Å². The Kier molecular flexibility index (Phi) is 9.91. The fourth-order valence-corrected chi connectivity index (χ4v) is 1.71. The van der Waals surface area contributed by atoms with Crippen molar-refractivity contribution in [1.82, 2.24) is 15.1 Å². The molecule has 0 aliphatic heterocycles. The number of hydrogen-bond donors (Lipinski definition) is 1. The van der Waals surface area contributed by atoms with Crippen molar-refractivity contribution in [2.24, 2.45) is 5.92 Å². The summed E-state index contributed by atoms with van der Waals surface area (Å²) in [6.07, 6.45) is 2.98. The third kappa shape index (κ3) is 9.32. The van der Waals surface area contributed by atoms with Crippen molar-refractivity contribution in [3.05, 3.63) is 0 Å². The Bertz CT molecular complexity index is 286. The zero-order valence-electron chi connectivity index (χ0n) is 12.8. The molecule has 0 saturated heterocycles. The number of carbonyl (C=O) groups is 1. The average Bonchev–Trinajstić information content (AvgIpc) is 2.37. The van der Waals surface area contributed by atoms with Crippen molar-refractivity contribution in [3.8, 4) is 6.07 Å². The minimum atomic E-state index is -0.128. The molecule has 1 atom stereocenters. The molecule has 5 heteroatoms. The Labute approximate surface area is 117 Å². The molecule has 0 bridgehead atoms. The molecule has 19 heavy (non-hydrogen) atoms. The summed E-state index contributed by atoms with van der Waals surface area (Å²) in [5.74, 6) is -0.128. The van der Waals surface area contributed by atoms with E-state index in [0.29, 0.717) is 19.6 Å². The summed E-state index contributed by atoms with van der Waals surface area (Å²) in [6.45, 7) is 6.79. The smallest absolute Gasteiger partial charge is 0.317 e. The lowest BCUT2D eigenvalue weighted by Crippen LogP contribution is -2.43. The Morgan fingerprint density at radius 1 is 1.32 bits per heavy atom. The first-order valence-corrected chi connectivity index (χ1v) is 7.08. The highest BCUT2D eigenvalue weighted by atomic mass is 16.2. The zero-order valence-corrected chi connectivity index (χ0v) is 12.8. The maximum Gasteiger partial charge on any atom is 0.317 e. The molecule has 0 aromatic heterocycles. The Morgan fingerprint density at radius 2 is 2.00 bits per heavy atom. The molecule has 0 radical (unpaired) electrons. The molecule has 0 fully saturated rings. The van der Waals surface area contributed by atoms with E-state index in [1.807, 2.05) is 21.0 Å². The van der Waals surface area contributed by atoms with Crippen LogP contribution in [0.1, 0.15) is 33.1 Å². The van der Waals surface area contributed by atoms with Gasteiger partial charge in [0.2, 0.25) is 0 Å². The molecule has 0 aromatic rings. The van der Waals surface area contributed by atoms with E-state index in [1.165, 1.54) is 0 Å². The monoisotopic (exact) mass is 268 g/mol. The van der Waals surface area contributed by atoms with Gasteiger partial charge in [-0.3, -0.25) is 0 Å². The van der Waals surface area contributed by atoms with E-state index < -0.39 is 0 Å². The van der Waals surface area contributed by atoms with Crippen LogP contribution in [0.3, 0.4) is 0 Å². The predicted molar refractivity (Wildman–Crippen MR) is 77.8 cm³/mol. The molecule has 5 nitrogen and oxygen atoms in total. The predicted octanol–water partition coefficient (Wildman–Crippen LogP) is 1.91.